The van der Waals surface area contributed by atoms with Crippen molar-refractivity contribution >= 4 is 12.2 Å². The molecule has 1 saturated carbocycles. The topological polar surface area (TPSA) is 28.7 Å². The number of nitrogens with zero attached hydrogens (tertiary/aromatic N) is 1. The Hall–Kier alpha value is -0.700. The van der Waals surface area contributed by atoms with E-state index in [1.807, 2.05) is 0 Å². The maximum Gasteiger partial charge on any atom is 0.133 e. The van der Waals surface area contributed by atoms with Crippen LogP contribution in [0.2, 0.25) is 0 Å². The first-order valence-corrected chi connectivity index (χ1v) is 7.00. The molecule has 0 spiro atoms. The van der Waals surface area contributed by atoms with E-state index in [0.29, 0.717) is 11.8 Å². The monoisotopic (exact) mass is 250 g/mol. The zero-order chi connectivity index (χ0) is 12.6. The van der Waals surface area contributed by atoms with Crippen molar-refractivity contribution in [2.75, 3.05) is 0 Å². The van der Waals surface area contributed by atoms with E-state index in [0.717, 1.165) is 16.4 Å². The molecule has 0 saturated heterocycles. The van der Waals surface area contributed by atoms with E-state index >= 15 is 0 Å². The summed E-state index contributed by atoms with van der Waals surface area (Å²) < 4.78 is 0.797. The standard InChI is InChI=1S/C14H22N2S/c1-8(2)12-10(4)15-13(16-14(12)17)11-6-5-9(3)7-11/h8-9,11H,5-7H2,1-4H3,(H,15,16,17). The normalized spacial score (nSPS) is 24.5. The fourth-order valence-electron chi connectivity index (χ4n) is 2.95. The van der Waals surface area contributed by atoms with Gasteiger partial charge >= 0.3 is 0 Å². The minimum Gasteiger partial charge on any atom is -0.347 e. The molecule has 17 heavy (non-hydrogen) atoms. The van der Waals surface area contributed by atoms with Crippen molar-refractivity contribution < 1.29 is 0 Å². The fraction of sp³-hybridized carbons (Fsp3) is 0.714. The molecule has 0 radical (unpaired) electrons. The van der Waals surface area contributed by atoms with Gasteiger partial charge in [-0.25, -0.2) is 4.98 Å². The third-order valence-electron chi connectivity index (χ3n) is 3.83. The van der Waals surface area contributed by atoms with Crippen LogP contribution < -0.4 is 0 Å². The summed E-state index contributed by atoms with van der Waals surface area (Å²) in [5.74, 6) is 2.98. The van der Waals surface area contributed by atoms with Crippen molar-refractivity contribution in [3.63, 3.8) is 0 Å². The second kappa shape index (κ2) is 4.89. The van der Waals surface area contributed by atoms with Crippen LogP contribution in [0.4, 0.5) is 0 Å². The Labute approximate surface area is 109 Å². The number of nitrogens with one attached hydrogen (secondary N) is 1. The van der Waals surface area contributed by atoms with Crippen molar-refractivity contribution in [3.05, 3.63) is 21.7 Å². The highest BCUT2D eigenvalue weighted by Gasteiger charge is 2.25. The summed E-state index contributed by atoms with van der Waals surface area (Å²) in [5.41, 5.74) is 2.41. The van der Waals surface area contributed by atoms with Gasteiger partial charge in [0.25, 0.3) is 0 Å². The highest BCUT2D eigenvalue weighted by Crippen LogP contribution is 2.36. The van der Waals surface area contributed by atoms with Crippen LogP contribution in [0.3, 0.4) is 0 Å². The van der Waals surface area contributed by atoms with Gasteiger partial charge in [0, 0.05) is 17.2 Å². The Morgan fingerprint density at radius 2 is 2.06 bits per heavy atom. The third kappa shape index (κ3) is 2.59. The SMILES string of the molecule is Cc1[nH]c(C2CCC(C)C2)nc(=S)c1C(C)C. The van der Waals surface area contributed by atoms with Crippen LogP contribution in [0, 0.1) is 17.5 Å². The van der Waals surface area contributed by atoms with E-state index in [4.69, 9.17) is 12.2 Å². The lowest BCUT2D eigenvalue weighted by Crippen LogP contribution is -2.07. The van der Waals surface area contributed by atoms with Crippen molar-refractivity contribution in [3.8, 4) is 0 Å². The quantitative estimate of drug-likeness (QED) is 0.784. The molecule has 2 rings (SSSR count). The Morgan fingerprint density at radius 1 is 1.35 bits per heavy atom. The summed E-state index contributed by atoms with van der Waals surface area (Å²) in [6, 6.07) is 0. The summed E-state index contributed by atoms with van der Waals surface area (Å²) >= 11 is 5.44. The van der Waals surface area contributed by atoms with Gasteiger partial charge in [-0.1, -0.05) is 33.0 Å². The minimum atomic E-state index is 0.447. The van der Waals surface area contributed by atoms with Crippen molar-refractivity contribution in [2.24, 2.45) is 5.92 Å². The molecule has 94 valence electrons. The van der Waals surface area contributed by atoms with Crippen LogP contribution >= 0.6 is 12.2 Å². The van der Waals surface area contributed by atoms with Gasteiger partial charge in [-0.2, -0.15) is 0 Å². The number of hydrogen-bond donors (Lipinski definition) is 1. The molecule has 2 nitrogen and oxygen atoms in total. The van der Waals surface area contributed by atoms with Crippen molar-refractivity contribution in [2.45, 2.75) is 58.8 Å². The van der Waals surface area contributed by atoms with Crippen LogP contribution in [0.25, 0.3) is 0 Å². The van der Waals surface area contributed by atoms with Crippen molar-refractivity contribution in [1.82, 2.24) is 9.97 Å². The van der Waals surface area contributed by atoms with E-state index in [9.17, 15) is 0 Å². The third-order valence-corrected chi connectivity index (χ3v) is 4.14. The number of H-pyrrole nitrogens is 1. The van der Waals surface area contributed by atoms with Gasteiger partial charge in [0.1, 0.15) is 10.5 Å². The maximum atomic E-state index is 5.44. The van der Waals surface area contributed by atoms with Crippen LogP contribution in [0.5, 0.6) is 0 Å². The fourth-order valence-corrected chi connectivity index (χ4v) is 3.43. The predicted molar refractivity (Wildman–Crippen MR) is 74.0 cm³/mol. The number of rotatable bonds is 2. The molecule has 0 amide bonds. The van der Waals surface area contributed by atoms with Crippen LogP contribution in [-0.4, -0.2) is 9.97 Å². The van der Waals surface area contributed by atoms with Gasteiger partial charge in [0.05, 0.1) is 0 Å². The Balaban J connectivity index is 2.36. The highest BCUT2D eigenvalue weighted by atomic mass is 32.1. The summed E-state index contributed by atoms with van der Waals surface area (Å²) in [6.45, 7) is 8.79. The molecule has 0 bridgehead atoms. The van der Waals surface area contributed by atoms with Gasteiger partial charge in [-0.15, -0.1) is 0 Å². The predicted octanol–water partition coefficient (Wildman–Crippen LogP) is 4.47. The first-order valence-electron chi connectivity index (χ1n) is 6.59. The van der Waals surface area contributed by atoms with Crippen LogP contribution in [-0.2, 0) is 0 Å². The molecule has 1 N–H and O–H groups in total. The molecule has 0 aromatic carbocycles. The van der Waals surface area contributed by atoms with Gasteiger partial charge in [0.2, 0.25) is 0 Å². The number of hydrogen-bond acceptors (Lipinski definition) is 2. The minimum absolute atomic E-state index is 0.447. The number of aryl methyl sites for hydroxylation is 1. The van der Waals surface area contributed by atoms with Crippen LogP contribution in [0.1, 0.15) is 69.0 Å². The molecular weight excluding hydrogens is 228 g/mol. The second-order valence-corrected chi connectivity index (χ2v) is 6.12. The summed E-state index contributed by atoms with van der Waals surface area (Å²) in [5, 5.41) is 0. The zero-order valence-corrected chi connectivity index (χ0v) is 12.0. The summed E-state index contributed by atoms with van der Waals surface area (Å²) in [6.07, 6.45) is 3.82. The zero-order valence-electron chi connectivity index (χ0n) is 11.2. The first kappa shape index (κ1) is 12.7. The Bertz CT molecular complexity index is 462. The molecule has 1 aromatic heterocycles. The molecule has 3 heteroatoms. The van der Waals surface area contributed by atoms with E-state index in [1.54, 1.807) is 0 Å². The lowest BCUT2D eigenvalue weighted by atomic mass is 10.0. The molecule has 0 aliphatic heterocycles. The van der Waals surface area contributed by atoms with Crippen molar-refractivity contribution in [1.29, 1.82) is 0 Å². The number of aromatic amines is 1. The van der Waals surface area contributed by atoms with Gasteiger partial charge < -0.3 is 4.98 Å². The Morgan fingerprint density at radius 3 is 2.53 bits per heavy atom. The second-order valence-electron chi connectivity index (χ2n) is 5.74. The van der Waals surface area contributed by atoms with E-state index in [1.165, 1.54) is 30.5 Å². The largest absolute Gasteiger partial charge is 0.347 e. The lowest BCUT2D eigenvalue weighted by molar-refractivity contribution is 0.582. The molecule has 1 fully saturated rings. The van der Waals surface area contributed by atoms with E-state index in [2.05, 4.69) is 37.7 Å². The number of aromatic nitrogens is 2. The van der Waals surface area contributed by atoms with E-state index < -0.39 is 0 Å². The average molecular weight is 250 g/mol. The molecule has 1 aliphatic rings. The molecular formula is C14H22N2S. The van der Waals surface area contributed by atoms with Gasteiger partial charge in [0.15, 0.2) is 0 Å². The molecule has 2 unspecified atom stereocenters. The van der Waals surface area contributed by atoms with Gasteiger partial charge in [-0.3, -0.25) is 0 Å². The lowest BCUT2D eigenvalue weighted by Gasteiger charge is -2.15. The van der Waals surface area contributed by atoms with Crippen LogP contribution in [0.15, 0.2) is 0 Å². The molecule has 1 heterocycles. The molecule has 1 aliphatic carbocycles. The smallest absolute Gasteiger partial charge is 0.133 e. The summed E-state index contributed by atoms with van der Waals surface area (Å²) in [7, 11) is 0. The average Bonchev–Trinajstić information content (AvgIpc) is 2.63. The first-order chi connectivity index (χ1) is 7.99. The highest BCUT2D eigenvalue weighted by molar-refractivity contribution is 7.71. The summed E-state index contributed by atoms with van der Waals surface area (Å²) in [4.78, 5) is 8.11. The van der Waals surface area contributed by atoms with E-state index in [-0.39, 0.29) is 0 Å². The molecule has 2 atom stereocenters. The van der Waals surface area contributed by atoms with Gasteiger partial charge in [-0.05, 0) is 38.0 Å². The Kier molecular flexibility index (Phi) is 3.67. The maximum absolute atomic E-state index is 5.44. The molecule has 1 aromatic rings.